The van der Waals surface area contributed by atoms with Crippen LogP contribution in [0.25, 0.3) is 0 Å². The lowest BCUT2D eigenvalue weighted by Crippen LogP contribution is -2.31. The molecule has 2 heterocycles. The number of aryl methyl sites for hydroxylation is 3. The highest BCUT2D eigenvalue weighted by atomic mass is 32.1. The molecule has 3 rings (SSSR count). The molecule has 154 valence electrons. The number of benzene rings is 1. The number of carbonyl (C=O) groups is 3. The second-order valence-electron chi connectivity index (χ2n) is 7.34. The van der Waals surface area contributed by atoms with Gasteiger partial charge in [-0.1, -0.05) is 17.7 Å². The molecule has 0 radical (unpaired) electrons. The highest BCUT2D eigenvalue weighted by Crippen LogP contribution is 2.26. The number of ether oxygens (including phenoxy) is 1. The average molecular weight is 416 g/mol. The van der Waals surface area contributed by atoms with Crippen LogP contribution in [0.2, 0.25) is 0 Å². The minimum absolute atomic E-state index is 0.0429. The van der Waals surface area contributed by atoms with Crippen molar-refractivity contribution in [3.05, 3.63) is 39.9 Å². The van der Waals surface area contributed by atoms with Gasteiger partial charge in [0, 0.05) is 24.0 Å². The molecule has 1 atom stereocenters. The number of nitrogens with one attached hydrogen (secondary N) is 1. The molecule has 2 aromatic rings. The van der Waals surface area contributed by atoms with E-state index in [1.54, 1.807) is 17.2 Å². The van der Waals surface area contributed by atoms with Crippen molar-refractivity contribution in [3.8, 4) is 0 Å². The first-order valence-electron chi connectivity index (χ1n) is 9.57. The first-order valence-corrected chi connectivity index (χ1v) is 10.5. The molecule has 0 saturated carbocycles. The zero-order valence-corrected chi connectivity index (χ0v) is 17.9. The Morgan fingerprint density at radius 3 is 2.59 bits per heavy atom. The van der Waals surface area contributed by atoms with E-state index >= 15 is 0 Å². The molecule has 1 N–H and O–H groups in total. The fourth-order valence-corrected chi connectivity index (χ4v) is 4.26. The van der Waals surface area contributed by atoms with Crippen LogP contribution in [0.1, 0.15) is 42.1 Å². The number of anilines is 2. The van der Waals surface area contributed by atoms with Gasteiger partial charge in [-0.3, -0.25) is 19.3 Å². The van der Waals surface area contributed by atoms with E-state index in [2.05, 4.69) is 10.3 Å². The lowest BCUT2D eigenvalue weighted by molar-refractivity contribution is -0.152. The Balaban J connectivity index is 1.56. The van der Waals surface area contributed by atoms with Crippen molar-refractivity contribution in [2.45, 2.75) is 53.1 Å². The highest BCUT2D eigenvalue weighted by molar-refractivity contribution is 7.14. The zero-order valence-electron chi connectivity index (χ0n) is 17.1. The second-order valence-corrected chi connectivity index (χ2v) is 8.18. The molecule has 1 aromatic carbocycles. The topological polar surface area (TPSA) is 88.6 Å². The van der Waals surface area contributed by atoms with Crippen LogP contribution in [-0.2, 0) is 25.5 Å². The van der Waals surface area contributed by atoms with Crippen LogP contribution in [0.15, 0.2) is 17.5 Å². The highest BCUT2D eigenvalue weighted by Gasteiger charge is 2.25. The van der Waals surface area contributed by atoms with E-state index in [0.29, 0.717) is 23.8 Å². The second kappa shape index (κ2) is 8.73. The van der Waals surface area contributed by atoms with Gasteiger partial charge in [0.1, 0.15) is 0 Å². The van der Waals surface area contributed by atoms with Gasteiger partial charge in [-0.15, -0.1) is 11.3 Å². The van der Waals surface area contributed by atoms with Crippen LogP contribution in [0.5, 0.6) is 0 Å². The van der Waals surface area contributed by atoms with E-state index in [1.165, 1.54) is 11.3 Å². The van der Waals surface area contributed by atoms with Crippen LogP contribution in [0.4, 0.5) is 10.8 Å². The molecule has 1 fully saturated rings. The Morgan fingerprint density at radius 1 is 1.28 bits per heavy atom. The van der Waals surface area contributed by atoms with E-state index in [9.17, 15) is 14.4 Å². The van der Waals surface area contributed by atoms with Gasteiger partial charge in [0.15, 0.2) is 11.2 Å². The Hall–Kier alpha value is -2.74. The normalized spacial score (nSPS) is 14.8. The van der Waals surface area contributed by atoms with E-state index in [-0.39, 0.29) is 18.2 Å². The van der Waals surface area contributed by atoms with Crippen molar-refractivity contribution in [1.82, 2.24) is 4.98 Å². The molecule has 29 heavy (non-hydrogen) atoms. The molecule has 1 aliphatic rings. The summed E-state index contributed by atoms with van der Waals surface area (Å²) in [5, 5.41) is 5.19. The summed E-state index contributed by atoms with van der Waals surface area (Å²) in [6.45, 7) is 8.06. The average Bonchev–Trinajstić information content (AvgIpc) is 3.26. The third-order valence-corrected chi connectivity index (χ3v) is 5.68. The number of hydrogen-bond donors (Lipinski definition) is 1. The predicted molar refractivity (Wildman–Crippen MR) is 112 cm³/mol. The smallest absolute Gasteiger partial charge is 0.312 e. The number of hydrogen-bond acceptors (Lipinski definition) is 6. The lowest BCUT2D eigenvalue weighted by atomic mass is 10.0. The predicted octanol–water partition coefficient (Wildman–Crippen LogP) is 3.31. The molecule has 1 saturated heterocycles. The molecular weight excluding hydrogens is 390 g/mol. The fraction of sp³-hybridized carbons (Fsp3) is 0.429. The molecule has 7 nitrogen and oxygen atoms in total. The van der Waals surface area contributed by atoms with Gasteiger partial charge >= 0.3 is 5.97 Å². The monoisotopic (exact) mass is 415 g/mol. The molecule has 1 aromatic heterocycles. The molecule has 1 aliphatic heterocycles. The summed E-state index contributed by atoms with van der Waals surface area (Å²) in [5.74, 6) is -0.856. The third kappa shape index (κ3) is 5.00. The van der Waals surface area contributed by atoms with Crippen molar-refractivity contribution >= 4 is 39.9 Å². The van der Waals surface area contributed by atoms with Crippen molar-refractivity contribution < 1.29 is 19.1 Å². The van der Waals surface area contributed by atoms with Crippen LogP contribution in [0, 0.1) is 20.8 Å². The van der Waals surface area contributed by atoms with Gasteiger partial charge in [0.25, 0.3) is 5.91 Å². The maximum Gasteiger partial charge on any atom is 0.312 e. The van der Waals surface area contributed by atoms with Gasteiger partial charge in [-0.25, -0.2) is 4.98 Å². The number of carbonyl (C=O) groups excluding carboxylic acids is 3. The van der Waals surface area contributed by atoms with Gasteiger partial charge in [-0.05, 0) is 45.2 Å². The number of amides is 2. The van der Waals surface area contributed by atoms with E-state index in [4.69, 9.17) is 4.74 Å². The summed E-state index contributed by atoms with van der Waals surface area (Å²) in [5.41, 5.74) is 4.31. The van der Waals surface area contributed by atoms with Crippen LogP contribution in [-0.4, -0.2) is 35.4 Å². The summed E-state index contributed by atoms with van der Waals surface area (Å²) in [6, 6.07) is 3.98. The van der Waals surface area contributed by atoms with Gasteiger partial charge in [0.2, 0.25) is 5.91 Å². The molecule has 0 spiro atoms. The van der Waals surface area contributed by atoms with Crippen molar-refractivity contribution in [2.75, 3.05) is 16.8 Å². The summed E-state index contributed by atoms with van der Waals surface area (Å²) in [4.78, 5) is 42.5. The van der Waals surface area contributed by atoms with Crippen molar-refractivity contribution in [2.24, 2.45) is 0 Å². The fourth-order valence-electron chi connectivity index (χ4n) is 3.39. The van der Waals surface area contributed by atoms with Crippen LogP contribution >= 0.6 is 11.3 Å². The summed E-state index contributed by atoms with van der Waals surface area (Å²) in [7, 11) is 0. The van der Waals surface area contributed by atoms with Gasteiger partial charge in [-0.2, -0.15) is 0 Å². The number of rotatable bonds is 6. The first kappa shape index (κ1) is 21.0. The molecule has 1 unspecified atom stereocenters. The maximum absolute atomic E-state index is 12.5. The first-order chi connectivity index (χ1) is 13.7. The number of aromatic nitrogens is 1. The Morgan fingerprint density at radius 2 is 1.97 bits per heavy atom. The molecule has 0 bridgehead atoms. The van der Waals surface area contributed by atoms with Crippen molar-refractivity contribution in [3.63, 3.8) is 0 Å². The van der Waals surface area contributed by atoms with E-state index in [0.717, 1.165) is 28.8 Å². The molecular formula is C21H25N3O4S. The number of nitrogens with zero attached hydrogens (tertiary/aromatic N) is 2. The Bertz CT molecular complexity index is 930. The standard InChI is InChI=1S/C21H25N3O4S/c1-12-8-13(2)19(14(3)9-12)23-20(27)15(4)28-18(26)10-16-11-29-21(22-16)24-7-5-6-17(24)25/h8-9,11,15H,5-7,10H2,1-4H3,(H,23,27). The Labute approximate surface area is 174 Å². The van der Waals surface area contributed by atoms with Crippen molar-refractivity contribution in [1.29, 1.82) is 0 Å². The molecule has 8 heteroatoms. The SMILES string of the molecule is Cc1cc(C)c(NC(=O)C(C)OC(=O)Cc2csc(N3CCCC3=O)n2)c(C)c1. The maximum atomic E-state index is 12.5. The third-order valence-electron chi connectivity index (χ3n) is 4.77. The van der Waals surface area contributed by atoms with Gasteiger partial charge < -0.3 is 10.1 Å². The van der Waals surface area contributed by atoms with Gasteiger partial charge in [0.05, 0.1) is 12.1 Å². The lowest BCUT2D eigenvalue weighted by Gasteiger charge is -2.16. The van der Waals surface area contributed by atoms with Crippen LogP contribution in [0.3, 0.4) is 0 Å². The minimum atomic E-state index is -0.930. The summed E-state index contributed by atoms with van der Waals surface area (Å²) < 4.78 is 5.28. The number of thiazole rings is 1. The molecule has 0 aliphatic carbocycles. The summed E-state index contributed by atoms with van der Waals surface area (Å²) >= 11 is 1.33. The quantitative estimate of drug-likeness (QED) is 0.731. The molecule has 2 amide bonds. The van der Waals surface area contributed by atoms with E-state index < -0.39 is 12.1 Å². The van der Waals surface area contributed by atoms with E-state index in [1.807, 2.05) is 32.9 Å². The number of esters is 1. The Kier molecular flexibility index (Phi) is 6.32. The largest absolute Gasteiger partial charge is 0.452 e. The minimum Gasteiger partial charge on any atom is -0.452 e. The summed E-state index contributed by atoms with van der Waals surface area (Å²) in [6.07, 6.45) is 0.380. The van der Waals surface area contributed by atoms with Crippen LogP contribution < -0.4 is 10.2 Å². The zero-order chi connectivity index (χ0) is 21.1.